The lowest BCUT2D eigenvalue weighted by molar-refractivity contribution is 0.104. The molecule has 2 nitrogen and oxygen atoms in total. The van der Waals surface area contributed by atoms with Gasteiger partial charge in [-0.3, -0.25) is 4.79 Å². The molecule has 74 valence electrons. The zero-order valence-electron chi connectivity index (χ0n) is 8.58. The molecule has 1 aromatic carbocycles. The number of carbonyl (C=O) groups is 1. The van der Waals surface area contributed by atoms with Crippen molar-refractivity contribution in [2.24, 2.45) is 5.73 Å². The van der Waals surface area contributed by atoms with Crippen molar-refractivity contribution in [3.05, 3.63) is 47.0 Å². The summed E-state index contributed by atoms with van der Waals surface area (Å²) < 4.78 is 0. The summed E-state index contributed by atoms with van der Waals surface area (Å²) in [4.78, 5) is 11.5. The quantitative estimate of drug-likeness (QED) is 0.585. The minimum absolute atomic E-state index is 0.0496. The highest BCUT2D eigenvalue weighted by Crippen LogP contribution is 2.06. The second kappa shape index (κ2) is 4.72. The summed E-state index contributed by atoms with van der Waals surface area (Å²) in [5.41, 5.74) is 8.22. The fourth-order valence-corrected chi connectivity index (χ4v) is 1.15. The van der Waals surface area contributed by atoms with Gasteiger partial charge in [0.25, 0.3) is 0 Å². The van der Waals surface area contributed by atoms with Gasteiger partial charge in [-0.05, 0) is 25.5 Å². The standard InChI is InChI=1S/C12H15NO/c1-9(2)7-12(14)11-5-3-10(8-13)4-6-11/h3-7H,8,13H2,1-2H3. The van der Waals surface area contributed by atoms with Gasteiger partial charge in [0.1, 0.15) is 0 Å². The molecular formula is C12H15NO. The van der Waals surface area contributed by atoms with E-state index in [4.69, 9.17) is 5.73 Å². The number of allylic oxidation sites excluding steroid dienone is 2. The molecule has 0 aliphatic heterocycles. The summed E-state index contributed by atoms with van der Waals surface area (Å²) in [6, 6.07) is 7.38. The molecule has 0 atom stereocenters. The first-order chi connectivity index (χ1) is 6.63. The third-order valence-corrected chi connectivity index (χ3v) is 1.89. The van der Waals surface area contributed by atoms with Crippen LogP contribution < -0.4 is 5.73 Å². The molecule has 2 N–H and O–H groups in total. The lowest BCUT2D eigenvalue weighted by Gasteiger charge is -1.99. The molecule has 0 aliphatic carbocycles. The number of hydrogen-bond acceptors (Lipinski definition) is 2. The summed E-state index contributed by atoms with van der Waals surface area (Å²) in [6.07, 6.45) is 1.64. The van der Waals surface area contributed by atoms with Gasteiger partial charge >= 0.3 is 0 Å². The first-order valence-corrected chi connectivity index (χ1v) is 4.61. The number of nitrogens with two attached hydrogens (primary N) is 1. The van der Waals surface area contributed by atoms with Crippen molar-refractivity contribution in [1.29, 1.82) is 0 Å². The van der Waals surface area contributed by atoms with Crippen LogP contribution in [0.4, 0.5) is 0 Å². The molecule has 0 spiro atoms. The fourth-order valence-electron chi connectivity index (χ4n) is 1.15. The van der Waals surface area contributed by atoms with Crippen molar-refractivity contribution in [1.82, 2.24) is 0 Å². The first kappa shape index (κ1) is 10.7. The summed E-state index contributed by atoms with van der Waals surface area (Å²) in [5, 5.41) is 0. The van der Waals surface area contributed by atoms with Crippen molar-refractivity contribution in [3.63, 3.8) is 0 Å². The van der Waals surface area contributed by atoms with Crippen molar-refractivity contribution < 1.29 is 4.79 Å². The Balaban J connectivity index is 2.87. The van der Waals surface area contributed by atoms with Gasteiger partial charge in [-0.15, -0.1) is 0 Å². The minimum atomic E-state index is 0.0496. The molecule has 0 aromatic heterocycles. The van der Waals surface area contributed by atoms with E-state index >= 15 is 0 Å². The highest BCUT2D eigenvalue weighted by molar-refractivity contribution is 6.04. The van der Waals surface area contributed by atoms with Crippen molar-refractivity contribution in [2.75, 3.05) is 0 Å². The van der Waals surface area contributed by atoms with Crippen LogP contribution in [0.15, 0.2) is 35.9 Å². The van der Waals surface area contributed by atoms with Crippen LogP contribution in [0, 0.1) is 0 Å². The molecule has 2 heteroatoms. The summed E-state index contributed by atoms with van der Waals surface area (Å²) in [6.45, 7) is 4.33. The molecule has 0 saturated heterocycles. The van der Waals surface area contributed by atoms with Crippen LogP contribution >= 0.6 is 0 Å². The first-order valence-electron chi connectivity index (χ1n) is 4.61. The normalized spacial score (nSPS) is 9.64. The van der Waals surface area contributed by atoms with Gasteiger partial charge in [-0.25, -0.2) is 0 Å². The van der Waals surface area contributed by atoms with E-state index in [0.717, 1.165) is 11.1 Å². The molecule has 0 unspecified atom stereocenters. The zero-order valence-corrected chi connectivity index (χ0v) is 8.58. The van der Waals surface area contributed by atoms with Gasteiger partial charge in [0.2, 0.25) is 0 Å². The van der Waals surface area contributed by atoms with E-state index in [1.165, 1.54) is 0 Å². The van der Waals surface area contributed by atoms with Crippen LogP contribution in [0.5, 0.6) is 0 Å². The highest BCUT2D eigenvalue weighted by Gasteiger charge is 2.01. The Hall–Kier alpha value is -1.41. The molecule has 0 radical (unpaired) electrons. The molecule has 0 amide bonds. The van der Waals surface area contributed by atoms with E-state index in [1.54, 1.807) is 6.08 Å². The summed E-state index contributed by atoms with van der Waals surface area (Å²) in [5.74, 6) is 0.0496. The van der Waals surface area contributed by atoms with E-state index in [2.05, 4.69) is 0 Å². The number of carbonyl (C=O) groups excluding carboxylic acids is 1. The Morgan fingerprint density at radius 3 is 2.29 bits per heavy atom. The van der Waals surface area contributed by atoms with Gasteiger partial charge in [-0.2, -0.15) is 0 Å². The Labute approximate surface area is 84.4 Å². The number of hydrogen-bond donors (Lipinski definition) is 1. The maximum Gasteiger partial charge on any atom is 0.185 e. The van der Waals surface area contributed by atoms with Crippen molar-refractivity contribution in [2.45, 2.75) is 20.4 Å². The predicted molar refractivity (Wildman–Crippen MR) is 58.1 cm³/mol. The maximum atomic E-state index is 11.5. The van der Waals surface area contributed by atoms with Crippen LogP contribution in [0.25, 0.3) is 0 Å². The van der Waals surface area contributed by atoms with Crippen LogP contribution in [0.2, 0.25) is 0 Å². The van der Waals surface area contributed by atoms with E-state index in [0.29, 0.717) is 12.1 Å². The van der Waals surface area contributed by atoms with E-state index in [9.17, 15) is 4.79 Å². The molecular weight excluding hydrogens is 174 g/mol. The van der Waals surface area contributed by atoms with Crippen LogP contribution in [-0.4, -0.2) is 5.78 Å². The fraction of sp³-hybridized carbons (Fsp3) is 0.250. The molecule has 0 aliphatic rings. The molecule has 0 saturated carbocycles. The van der Waals surface area contributed by atoms with E-state index in [1.807, 2.05) is 38.1 Å². The SMILES string of the molecule is CC(C)=CC(=O)c1ccc(CN)cc1. The van der Waals surface area contributed by atoms with E-state index in [-0.39, 0.29) is 5.78 Å². The van der Waals surface area contributed by atoms with Crippen LogP contribution in [0.3, 0.4) is 0 Å². The molecule has 1 aromatic rings. The largest absolute Gasteiger partial charge is 0.326 e. The average molecular weight is 189 g/mol. The lowest BCUT2D eigenvalue weighted by atomic mass is 10.1. The van der Waals surface area contributed by atoms with E-state index < -0.39 is 0 Å². The second-order valence-corrected chi connectivity index (χ2v) is 3.49. The molecule has 0 bridgehead atoms. The topological polar surface area (TPSA) is 43.1 Å². The van der Waals surface area contributed by atoms with Crippen LogP contribution in [-0.2, 0) is 6.54 Å². The third kappa shape index (κ3) is 2.82. The van der Waals surface area contributed by atoms with Crippen molar-refractivity contribution in [3.8, 4) is 0 Å². The predicted octanol–water partition coefficient (Wildman–Crippen LogP) is 2.29. The number of benzene rings is 1. The van der Waals surface area contributed by atoms with Crippen LogP contribution in [0.1, 0.15) is 29.8 Å². The Bertz CT molecular complexity index is 345. The van der Waals surface area contributed by atoms with Gasteiger partial charge in [0.15, 0.2) is 5.78 Å². The number of rotatable bonds is 3. The molecule has 0 fully saturated rings. The Kier molecular flexibility index (Phi) is 3.60. The molecule has 0 heterocycles. The zero-order chi connectivity index (χ0) is 10.6. The van der Waals surface area contributed by atoms with Gasteiger partial charge in [0.05, 0.1) is 0 Å². The van der Waals surface area contributed by atoms with Gasteiger partial charge in [-0.1, -0.05) is 29.8 Å². The minimum Gasteiger partial charge on any atom is -0.326 e. The average Bonchev–Trinajstić information content (AvgIpc) is 2.17. The summed E-state index contributed by atoms with van der Waals surface area (Å²) >= 11 is 0. The Morgan fingerprint density at radius 2 is 1.86 bits per heavy atom. The lowest BCUT2D eigenvalue weighted by Crippen LogP contribution is -1.98. The smallest absolute Gasteiger partial charge is 0.185 e. The second-order valence-electron chi connectivity index (χ2n) is 3.49. The summed E-state index contributed by atoms with van der Waals surface area (Å²) in [7, 11) is 0. The van der Waals surface area contributed by atoms with Gasteiger partial charge in [0, 0.05) is 12.1 Å². The van der Waals surface area contributed by atoms with Gasteiger partial charge < -0.3 is 5.73 Å². The van der Waals surface area contributed by atoms with Crippen molar-refractivity contribution >= 4 is 5.78 Å². The molecule has 14 heavy (non-hydrogen) atoms. The third-order valence-electron chi connectivity index (χ3n) is 1.89. The number of ketones is 1. The molecule has 1 rings (SSSR count). The monoisotopic (exact) mass is 189 g/mol. The Morgan fingerprint density at radius 1 is 1.29 bits per heavy atom. The highest BCUT2D eigenvalue weighted by atomic mass is 16.1. The maximum absolute atomic E-state index is 11.5.